The standard InChI is InChI=1S/C9H11BrFN/c1-12-5-4-7-6-8(11)2-3-9(7)10/h2-3,6,12H,4-5H2,1H3. The molecule has 1 rings (SSSR count). The lowest BCUT2D eigenvalue weighted by Crippen LogP contribution is -2.10. The van der Waals surface area contributed by atoms with Crippen LogP contribution in [0, 0.1) is 5.82 Å². The van der Waals surface area contributed by atoms with E-state index in [4.69, 9.17) is 0 Å². The summed E-state index contributed by atoms with van der Waals surface area (Å²) in [6.07, 6.45) is 0.842. The van der Waals surface area contributed by atoms with Gasteiger partial charge in [0.2, 0.25) is 0 Å². The predicted molar refractivity (Wildman–Crippen MR) is 51.7 cm³/mol. The summed E-state index contributed by atoms with van der Waals surface area (Å²) in [5, 5.41) is 3.02. The minimum absolute atomic E-state index is 0.177. The van der Waals surface area contributed by atoms with Gasteiger partial charge in [-0.05, 0) is 43.8 Å². The fraction of sp³-hybridized carbons (Fsp3) is 0.333. The number of benzene rings is 1. The molecule has 1 aromatic rings. The molecule has 0 heterocycles. The second-order valence-corrected chi connectivity index (χ2v) is 3.44. The van der Waals surface area contributed by atoms with Gasteiger partial charge in [0.05, 0.1) is 0 Å². The summed E-state index contributed by atoms with van der Waals surface area (Å²) in [6.45, 7) is 0.863. The Balaban J connectivity index is 2.75. The molecule has 0 unspecified atom stereocenters. The minimum Gasteiger partial charge on any atom is -0.319 e. The number of hydrogen-bond donors (Lipinski definition) is 1. The normalized spacial score (nSPS) is 10.2. The van der Waals surface area contributed by atoms with Crippen LogP contribution in [0.2, 0.25) is 0 Å². The fourth-order valence-electron chi connectivity index (χ4n) is 0.995. The highest BCUT2D eigenvalue weighted by molar-refractivity contribution is 9.10. The van der Waals surface area contributed by atoms with Crippen LogP contribution in [0.1, 0.15) is 5.56 Å². The van der Waals surface area contributed by atoms with Crippen molar-refractivity contribution in [3.05, 3.63) is 34.1 Å². The van der Waals surface area contributed by atoms with Gasteiger partial charge in [0.15, 0.2) is 0 Å². The topological polar surface area (TPSA) is 12.0 Å². The third-order valence-electron chi connectivity index (χ3n) is 1.65. The van der Waals surface area contributed by atoms with Gasteiger partial charge in [0, 0.05) is 4.47 Å². The molecule has 3 heteroatoms. The van der Waals surface area contributed by atoms with Crippen molar-refractivity contribution in [3.63, 3.8) is 0 Å². The molecule has 0 aliphatic heterocycles. The van der Waals surface area contributed by atoms with Gasteiger partial charge < -0.3 is 5.32 Å². The van der Waals surface area contributed by atoms with Gasteiger partial charge in [-0.25, -0.2) is 4.39 Å². The molecule has 0 amide bonds. The molecule has 0 saturated carbocycles. The van der Waals surface area contributed by atoms with E-state index in [1.54, 1.807) is 12.1 Å². The summed E-state index contributed by atoms with van der Waals surface area (Å²) in [7, 11) is 1.88. The van der Waals surface area contributed by atoms with E-state index >= 15 is 0 Å². The smallest absolute Gasteiger partial charge is 0.123 e. The van der Waals surface area contributed by atoms with Crippen molar-refractivity contribution < 1.29 is 4.39 Å². The van der Waals surface area contributed by atoms with Crippen molar-refractivity contribution >= 4 is 15.9 Å². The van der Waals surface area contributed by atoms with E-state index in [-0.39, 0.29) is 5.82 Å². The maximum atomic E-state index is 12.7. The van der Waals surface area contributed by atoms with Gasteiger partial charge in [-0.2, -0.15) is 0 Å². The predicted octanol–water partition coefficient (Wildman–Crippen LogP) is 2.35. The zero-order valence-electron chi connectivity index (χ0n) is 6.90. The zero-order chi connectivity index (χ0) is 8.97. The molecule has 1 aromatic carbocycles. The van der Waals surface area contributed by atoms with Crippen LogP contribution in [-0.2, 0) is 6.42 Å². The molecule has 0 fully saturated rings. The SMILES string of the molecule is CNCCc1cc(F)ccc1Br. The molecule has 0 aromatic heterocycles. The lowest BCUT2D eigenvalue weighted by Gasteiger charge is -2.03. The lowest BCUT2D eigenvalue weighted by molar-refractivity contribution is 0.624. The van der Waals surface area contributed by atoms with E-state index in [9.17, 15) is 4.39 Å². The van der Waals surface area contributed by atoms with Crippen molar-refractivity contribution in [2.75, 3.05) is 13.6 Å². The van der Waals surface area contributed by atoms with E-state index in [1.807, 2.05) is 7.05 Å². The Morgan fingerprint density at radius 1 is 1.50 bits per heavy atom. The average molecular weight is 232 g/mol. The van der Waals surface area contributed by atoms with Gasteiger partial charge in [-0.3, -0.25) is 0 Å². The van der Waals surface area contributed by atoms with E-state index in [1.165, 1.54) is 6.07 Å². The van der Waals surface area contributed by atoms with Crippen LogP contribution in [-0.4, -0.2) is 13.6 Å². The highest BCUT2D eigenvalue weighted by atomic mass is 79.9. The molecule has 0 bridgehead atoms. The molecule has 0 aliphatic rings. The summed E-state index contributed by atoms with van der Waals surface area (Å²) in [6, 6.07) is 4.74. The first-order valence-electron chi connectivity index (χ1n) is 3.82. The number of rotatable bonds is 3. The van der Waals surface area contributed by atoms with Crippen molar-refractivity contribution in [2.45, 2.75) is 6.42 Å². The maximum Gasteiger partial charge on any atom is 0.123 e. The molecule has 0 atom stereocenters. The molecule has 1 N–H and O–H groups in total. The number of likely N-dealkylation sites (N-methyl/N-ethyl adjacent to an activating group) is 1. The molecule has 0 radical (unpaired) electrons. The van der Waals surface area contributed by atoms with Gasteiger partial charge in [-0.1, -0.05) is 15.9 Å². The quantitative estimate of drug-likeness (QED) is 0.843. The van der Waals surface area contributed by atoms with E-state index in [0.29, 0.717) is 0 Å². The molecular weight excluding hydrogens is 221 g/mol. The van der Waals surface area contributed by atoms with Gasteiger partial charge in [0.25, 0.3) is 0 Å². The first-order chi connectivity index (χ1) is 5.74. The van der Waals surface area contributed by atoms with E-state index in [0.717, 1.165) is 23.0 Å². The Labute approximate surface area is 80.1 Å². The second-order valence-electron chi connectivity index (χ2n) is 2.59. The summed E-state index contributed by atoms with van der Waals surface area (Å²) in [5.41, 5.74) is 1.00. The van der Waals surface area contributed by atoms with Crippen LogP contribution in [0.3, 0.4) is 0 Å². The Bertz CT molecular complexity index is 263. The van der Waals surface area contributed by atoms with Gasteiger partial charge >= 0.3 is 0 Å². The highest BCUT2D eigenvalue weighted by Gasteiger charge is 2.00. The molecule has 0 aliphatic carbocycles. The lowest BCUT2D eigenvalue weighted by atomic mass is 10.1. The second kappa shape index (κ2) is 4.58. The first kappa shape index (κ1) is 9.68. The summed E-state index contributed by atoms with van der Waals surface area (Å²) in [5.74, 6) is -0.177. The van der Waals surface area contributed by atoms with Crippen molar-refractivity contribution in [1.29, 1.82) is 0 Å². The molecular formula is C9H11BrFN. The third-order valence-corrected chi connectivity index (χ3v) is 2.43. The minimum atomic E-state index is -0.177. The van der Waals surface area contributed by atoms with E-state index in [2.05, 4.69) is 21.2 Å². The van der Waals surface area contributed by atoms with Crippen LogP contribution >= 0.6 is 15.9 Å². The largest absolute Gasteiger partial charge is 0.319 e. The third kappa shape index (κ3) is 2.57. The Hall–Kier alpha value is -0.410. The Morgan fingerprint density at radius 3 is 2.92 bits per heavy atom. The molecule has 66 valence electrons. The summed E-state index contributed by atoms with van der Waals surface area (Å²) >= 11 is 3.37. The van der Waals surface area contributed by atoms with Crippen LogP contribution in [0.15, 0.2) is 22.7 Å². The molecule has 0 spiro atoms. The monoisotopic (exact) mass is 231 g/mol. The zero-order valence-corrected chi connectivity index (χ0v) is 8.49. The van der Waals surface area contributed by atoms with Gasteiger partial charge in [0.1, 0.15) is 5.82 Å². The maximum absolute atomic E-state index is 12.7. The first-order valence-corrected chi connectivity index (χ1v) is 4.62. The van der Waals surface area contributed by atoms with Crippen LogP contribution < -0.4 is 5.32 Å². The summed E-state index contributed by atoms with van der Waals surface area (Å²) < 4.78 is 13.7. The molecule has 0 saturated heterocycles. The van der Waals surface area contributed by atoms with Crippen molar-refractivity contribution in [1.82, 2.24) is 5.32 Å². The van der Waals surface area contributed by atoms with Crippen LogP contribution in [0.4, 0.5) is 4.39 Å². The van der Waals surface area contributed by atoms with E-state index < -0.39 is 0 Å². The van der Waals surface area contributed by atoms with Crippen LogP contribution in [0.5, 0.6) is 0 Å². The molecule has 12 heavy (non-hydrogen) atoms. The molecule has 1 nitrogen and oxygen atoms in total. The Morgan fingerprint density at radius 2 is 2.25 bits per heavy atom. The Kier molecular flexibility index (Phi) is 3.69. The van der Waals surface area contributed by atoms with Crippen molar-refractivity contribution in [3.8, 4) is 0 Å². The highest BCUT2D eigenvalue weighted by Crippen LogP contribution is 2.17. The number of nitrogens with one attached hydrogen (secondary N) is 1. The van der Waals surface area contributed by atoms with Crippen LogP contribution in [0.25, 0.3) is 0 Å². The number of hydrogen-bond acceptors (Lipinski definition) is 1. The average Bonchev–Trinajstić information content (AvgIpc) is 2.07. The summed E-state index contributed by atoms with van der Waals surface area (Å²) in [4.78, 5) is 0. The van der Waals surface area contributed by atoms with Crippen molar-refractivity contribution in [2.24, 2.45) is 0 Å². The number of halogens is 2. The fourth-order valence-corrected chi connectivity index (χ4v) is 1.44. The van der Waals surface area contributed by atoms with Gasteiger partial charge in [-0.15, -0.1) is 0 Å².